The minimum atomic E-state index is -0.834. The second-order valence-electron chi connectivity index (χ2n) is 4.20. The smallest absolute Gasteiger partial charge is 0.408 e. The van der Waals surface area contributed by atoms with Gasteiger partial charge in [-0.25, -0.2) is 9.59 Å². The van der Waals surface area contributed by atoms with Gasteiger partial charge in [-0.3, -0.25) is 4.79 Å². The molecule has 106 valence electrons. The van der Waals surface area contributed by atoms with E-state index in [2.05, 4.69) is 26.0 Å². The molecule has 2 rings (SSSR count). The minimum absolute atomic E-state index is 0.0773. The number of amides is 1. The Morgan fingerprint density at radius 2 is 2.15 bits per heavy atom. The van der Waals surface area contributed by atoms with Gasteiger partial charge in [0.25, 0.3) is 0 Å². The molecular weight excluding hydrogens is 330 g/mol. The number of hydrogen-bond acceptors (Lipinski definition) is 5. The molecule has 1 atom stereocenters. The third-order valence-corrected chi connectivity index (χ3v) is 3.52. The zero-order valence-electron chi connectivity index (χ0n) is 10.4. The van der Waals surface area contributed by atoms with Crippen LogP contribution in [0.3, 0.4) is 0 Å². The molecule has 0 bridgehead atoms. The Kier molecular flexibility index (Phi) is 4.73. The molecule has 1 heterocycles. The van der Waals surface area contributed by atoms with E-state index in [-0.39, 0.29) is 19.4 Å². The largest absolute Gasteiger partial charge is 0.445 e. The molecule has 0 aromatic heterocycles. The maximum absolute atomic E-state index is 11.6. The summed E-state index contributed by atoms with van der Waals surface area (Å²) in [4.78, 5) is 33.8. The van der Waals surface area contributed by atoms with Crippen LogP contribution in [-0.2, 0) is 25.7 Å². The van der Waals surface area contributed by atoms with Crippen LogP contribution >= 0.6 is 15.9 Å². The zero-order valence-corrected chi connectivity index (χ0v) is 12.0. The van der Waals surface area contributed by atoms with Gasteiger partial charge in [-0.1, -0.05) is 34.1 Å². The fourth-order valence-corrected chi connectivity index (χ4v) is 2.09. The maximum atomic E-state index is 11.6. The lowest BCUT2D eigenvalue weighted by atomic mass is 10.1. The van der Waals surface area contributed by atoms with Gasteiger partial charge < -0.3 is 14.8 Å². The Hall–Kier alpha value is -1.89. The van der Waals surface area contributed by atoms with Crippen LogP contribution in [0.4, 0.5) is 4.79 Å². The fraction of sp³-hybridized carbons (Fsp3) is 0.308. The lowest BCUT2D eigenvalue weighted by molar-refractivity contribution is -0.165. The minimum Gasteiger partial charge on any atom is -0.445 e. The average molecular weight is 342 g/mol. The van der Waals surface area contributed by atoms with Crippen LogP contribution in [0.15, 0.2) is 28.7 Å². The summed E-state index contributed by atoms with van der Waals surface area (Å²) in [5.41, 5.74) is 0.809. The Bertz CT molecular complexity index is 545. The Labute approximate surface area is 123 Å². The lowest BCUT2D eigenvalue weighted by Crippen LogP contribution is -2.45. The van der Waals surface area contributed by atoms with Gasteiger partial charge in [0, 0.05) is 16.5 Å². The van der Waals surface area contributed by atoms with E-state index < -0.39 is 24.1 Å². The number of carbonyl (C=O) groups excluding carboxylic acids is 3. The van der Waals surface area contributed by atoms with Crippen molar-refractivity contribution in [2.24, 2.45) is 0 Å². The topological polar surface area (TPSA) is 81.7 Å². The summed E-state index contributed by atoms with van der Waals surface area (Å²) in [7, 11) is 0. The van der Waals surface area contributed by atoms with E-state index in [1.165, 1.54) is 0 Å². The third-order valence-electron chi connectivity index (χ3n) is 2.74. The number of rotatable bonds is 3. The first-order valence-corrected chi connectivity index (χ1v) is 6.77. The van der Waals surface area contributed by atoms with Crippen molar-refractivity contribution in [1.82, 2.24) is 5.32 Å². The van der Waals surface area contributed by atoms with E-state index in [9.17, 15) is 14.4 Å². The second kappa shape index (κ2) is 6.51. The highest BCUT2D eigenvalue weighted by Gasteiger charge is 2.30. The van der Waals surface area contributed by atoms with Crippen molar-refractivity contribution in [2.75, 3.05) is 0 Å². The molecule has 20 heavy (non-hydrogen) atoms. The average Bonchev–Trinajstić information content (AvgIpc) is 2.41. The molecule has 1 aromatic rings. The Morgan fingerprint density at radius 1 is 1.40 bits per heavy atom. The molecule has 0 spiro atoms. The first-order chi connectivity index (χ1) is 9.56. The first-order valence-electron chi connectivity index (χ1n) is 5.97. The van der Waals surface area contributed by atoms with Crippen LogP contribution in [-0.4, -0.2) is 24.1 Å². The van der Waals surface area contributed by atoms with E-state index >= 15 is 0 Å². The number of esters is 2. The molecule has 1 fully saturated rings. The molecule has 0 radical (unpaired) electrons. The fourth-order valence-electron chi connectivity index (χ4n) is 1.69. The van der Waals surface area contributed by atoms with Gasteiger partial charge in [0.15, 0.2) is 0 Å². The Balaban J connectivity index is 1.83. The zero-order chi connectivity index (χ0) is 14.5. The molecule has 0 unspecified atom stereocenters. The lowest BCUT2D eigenvalue weighted by Gasteiger charge is -2.20. The summed E-state index contributed by atoms with van der Waals surface area (Å²) in [5, 5.41) is 2.38. The molecular formula is C13H12BrNO5. The summed E-state index contributed by atoms with van der Waals surface area (Å²) in [6, 6.07) is 6.49. The van der Waals surface area contributed by atoms with Crippen molar-refractivity contribution in [2.45, 2.75) is 25.5 Å². The van der Waals surface area contributed by atoms with Gasteiger partial charge in [0.2, 0.25) is 0 Å². The molecule has 0 saturated carbocycles. The van der Waals surface area contributed by atoms with E-state index in [1.807, 2.05) is 24.3 Å². The van der Waals surface area contributed by atoms with Crippen molar-refractivity contribution in [3.63, 3.8) is 0 Å². The van der Waals surface area contributed by atoms with Crippen LogP contribution in [0.1, 0.15) is 18.4 Å². The highest BCUT2D eigenvalue weighted by atomic mass is 79.9. The van der Waals surface area contributed by atoms with Gasteiger partial charge in [-0.2, -0.15) is 0 Å². The van der Waals surface area contributed by atoms with Crippen LogP contribution < -0.4 is 5.32 Å². The molecule has 1 aromatic carbocycles. The van der Waals surface area contributed by atoms with Gasteiger partial charge >= 0.3 is 18.0 Å². The van der Waals surface area contributed by atoms with Crippen LogP contribution in [0.5, 0.6) is 0 Å². The van der Waals surface area contributed by atoms with Crippen LogP contribution in [0, 0.1) is 0 Å². The number of halogens is 1. The molecule has 0 aliphatic carbocycles. The molecule has 7 heteroatoms. The van der Waals surface area contributed by atoms with Crippen LogP contribution in [0.2, 0.25) is 0 Å². The summed E-state index contributed by atoms with van der Waals surface area (Å²) < 4.78 is 10.3. The van der Waals surface area contributed by atoms with Crippen molar-refractivity contribution in [3.8, 4) is 0 Å². The predicted molar refractivity (Wildman–Crippen MR) is 71.6 cm³/mol. The summed E-state index contributed by atoms with van der Waals surface area (Å²) in [5.74, 6) is -1.33. The molecule has 1 aliphatic heterocycles. The number of benzene rings is 1. The van der Waals surface area contributed by atoms with Crippen LogP contribution in [0.25, 0.3) is 0 Å². The van der Waals surface area contributed by atoms with E-state index in [0.29, 0.717) is 0 Å². The second-order valence-corrected chi connectivity index (χ2v) is 5.05. The summed E-state index contributed by atoms with van der Waals surface area (Å²) >= 11 is 3.34. The van der Waals surface area contributed by atoms with E-state index in [0.717, 1.165) is 10.0 Å². The maximum Gasteiger partial charge on any atom is 0.408 e. The van der Waals surface area contributed by atoms with Gasteiger partial charge in [-0.15, -0.1) is 0 Å². The Morgan fingerprint density at radius 3 is 2.85 bits per heavy atom. The quantitative estimate of drug-likeness (QED) is 0.670. The number of cyclic esters (lactones) is 2. The number of alkyl carbamates (subject to hydrolysis) is 1. The third kappa shape index (κ3) is 3.80. The normalized spacial score (nSPS) is 18.4. The van der Waals surface area contributed by atoms with E-state index in [4.69, 9.17) is 4.74 Å². The van der Waals surface area contributed by atoms with Gasteiger partial charge in [0.05, 0.1) is 0 Å². The molecule has 6 nitrogen and oxygen atoms in total. The summed E-state index contributed by atoms with van der Waals surface area (Å²) in [6.07, 6.45) is -0.403. The summed E-state index contributed by atoms with van der Waals surface area (Å²) in [6.45, 7) is 0.0773. The SMILES string of the molecule is O=C1CC[C@H](NC(=O)OCc2ccccc2Br)C(=O)O1. The van der Waals surface area contributed by atoms with Gasteiger partial charge in [-0.05, 0) is 12.5 Å². The molecule has 1 amide bonds. The van der Waals surface area contributed by atoms with Crippen molar-refractivity contribution in [1.29, 1.82) is 0 Å². The monoisotopic (exact) mass is 341 g/mol. The molecule has 1 saturated heterocycles. The standard InChI is InChI=1S/C13H12BrNO5/c14-9-4-2-1-3-8(9)7-19-13(18)15-10-5-6-11(16)20-12(10)17/h1-4,10H,5-7H2,(H,15,18)/t10-/m0/s1. The van der Waals surface area contributed by atoms with Gasteiger partial charge in [0.1, 0.15) is 12.6 Å². The number of hydrogen-bond donors (Lipinski definition) is 1. The predicted octanol–water partition coefficient (Wildman–Crippen LogP) is 1.91. The number of nitrogens with one attached hydrogen (secondary N) is 1. The molecule has 1 N–H and O–H groups in total. The highest BCUT2D eigenvalue weighted by Crippen LogP contribution is 2.16. The molecule has 1 aliphatic rings. The van der Waals surface area contributed by atoms with Crippen molar-refractivity contribution in [3.05, 3.63) is 34.3 Å². The first kappa shape index (κ1) is 14.5. The highest BCUT2D eigenvalue weighted by molar-refractivity contribution is 9.10. The van der Waals surface area contributed by atoms with Crippen molar-refractivity contribution < 1.29 is 23.9 Å². The van der Waals surface area contributed by atoms with E-state index in [1.54, 1.807) is 0 Å². The number of ether oxygens (including phenoxy) is 2. The number of carbonyl (C=O) groups is 3. The van der Waals surface area contributed by atoms with Crippen molar-refractivity contribution >= 4 is 34.0 Å².